The van der Waals surface area contributed by atoms with E-state index in [0.29, 0.717) is 24.4 Å². The molecule has 7 heteroatoms. The number of carbonyl (C=O) groups excluding carboxylic acids is 2. The summed E-state index contributed by atoms with van der Waals surface area (Å²) in [6, 6.07) is 1.81. The molecule has 1 aliphatic heterocycles. The minimum Gasteiger partial charge on any atom is -0.367 e. The second kappa shape index (κ2) is 6.55. The smallest absolute Gasteiger partial charge is 0.330 e. The van der Waals surface area contributed by atoms with Crippen LogP contribution < -0.4 is 0 Å². The first-order valence-corrected chi connectivity index (χ1v) is 8.57. The van der Waals surface area contributed by atoms with E-state index in [9.17, 15) is 9.59 Å². The number of fused-ring (bicyclic) bond motifs is 1. The minimum atomic E-state index is -0.577. The molecular weight excluding hydrogens is 320 g/mol. The van der Waals surface area contributed by atoms with E-state index < -0.39 is 5.41 Å². The van der Waals surface area contributed by atoms with Crippen LogP contribution >= 0.6 is 0 Å². The van der Waals surface area contributed by atoms with Crippen LogP contribution in [0.25, 0.3) is 11.0 Å². The molecule has 7 nitrogen and oxygen atoms in total. The van der Waals surface area contributed by atoms with E-state index in [4.69, 9.17) is 4.84 Å². The van der Waals surface area contributed by atoms with Gasteiger partial charge in [-0.05, 0) is 39.2 Å². The molecule has 2 unspecified atom stereocenters. The number of aromatic amines is 1. The quantitative estimate of drug-likeness (QED) is 0.861. The molecular formula is C18H24N4O3. The van der Waals surface area contributed by atoms with Crippen molar-refractivity contribution in [1.82, 2.24) is 20.0 Å². The lowest BCUT2D eigenvalue weighted by Crippen LogP contribution is -2.45. The van der Waals surface area contributed by atoms with Gasteiger partial charge in [0.1, 0.15) is 17.7 Å². The highest BCUT2D eigenvalue weighted by molar-refractivity contribution is 6.06. The molecule has 3 heterocycles. The Kier molecular flexibility index (Phi) is 4.60. The number of hydroxylamine groups is 2. The van der Waals surface area contributed by atoms with Gasteiger partial charge in [0.25, 0.3) is 0 Å². The van der Waals surface area contributed by atoms with Gasteiger partial charge in [0.05, 0.1) is 5.41 Å². The highest BCUT2D eigenvalue weighted by Crippen LogP contribution is 2.29. The average molecular weight is 344 g/mol. The Morgan fingerprint density at radius 2 is 2.08 bits per heavy atom. The largest absolute Gasteiger partial charge is 0.367 e. The molecule has 134 valence electrons. The van der Waals surface area contributed by atoms with Gasteiger partial charge in [-0.25, -0.2) is 14.8 Å². The van der Waals surface area contributed by atoms with Crippen LogP contribution in [0, 0.1) is 17.3 Å². The van der Waals surface area contributed by atoms with Crippen LogP contribution in [-0.2, 0) is 9.63 Å². The second-order valence-electron chi connectivity index (χ2n) is 7.72. The molecule has 2 atom stereocenters. The molecule has 3 rings (SSSR count). The van der Waals surface area contributed by atoms with E-state index in [1.807, 2.05) is 26.8 Å². The van der Waals surface area contributed by atoms with Crippen molar-refractivity contribution < 1.29 is 14.4 Å². The number of aromatic nitrogens is 3. The summed E-state index contributed by atoms with van der Waals surface area (Å²) in [6.45, 7) is 8.52. The third-order valence-electron chi connectivity index (χ3n) is 4.67. The molecule has 0 saturated carbocycles. The molecule has 0 bridgehead atoms. The van der Waals surface area contributed by atoms with E-state index in [1.54, 1.807) is 11.3 Å². The number of hydrogen-bond acceptors (Lipinski definition) is 6. The van der Waals surface area contributed by atoms with Crippen molar-refractivity contribution in [2.24, 2.45) is 17.3 Å². The number of rotatable bonds is 3. The summed E-state index contributed by atoms with van der Waals surface area (Å²) in [7, 11) is 0. The molecule has 2 aromatic heterocycles. The van der Waals surface area contributed by atoms with Crippen molar-refractivity contribution in [1.29, 1.82) is 0 Å². The standard InChI is InChI=1S/C18H24N4O3/c1-11-6-8-22(25-17(24)18(2,3)4)9-13(11)15(23)14-12-5-7-19-16(12)21-10-20-14/h5,7,10-11,13H,6,8-9H2,1-4H3,(H,19,20,21). The molecule has 0 radical (unpaired) electrons. The van der Waals surface area contributed by atoms with E-state index in [2.05, 4.69) is 21.9 Å². The summed E-state index contributed by atoms with van der Waals surface area (Å²) < 4.78 is 0. The predicted molar refractivity (Wildman–Crippen MR) is 92.6 cm³/mol. The van der Waals surface area contributed by atoms with Gasteiger partial charge in [0.15, 0.2) is 5.78 Å². The maximum atomic E-state index is 13.1. The summed E-state index contributed by atoms with van der Waals surface area (Å²) in [5.41, 5.74) is 0.497. The first kappa shape index (κ1) is 17.5. The maximum Gasteiger partial charge on any atom is 0.330 e. The Morgan fingerprint density at radius 3 is 2.80 bits per heavy atom. The third-order valence-corrected chi connectivity index (χ3v) is 4.67. The zero-order valence-electron chi connectivity index (χ0n) is 15.1. The molecule has 0 aliphatic carbocycles. The van der Waals surface area contributed by atoms with Crippen LogP contribution in [0.4, 0.5) is 0 Å². The summed E-state index contributed by atoms with van der Waals surface area (Å²) in [5.74, 6) is -0.394. The number of ketones is 1. The van der Waals surface area contributed by atoms with Gasteiger partial charge >= 0.3 is 5.97 Å². The number of nitrogens with zero attached hydrogens (tertiary/aromatic N) is 3. The summed E-state index contributed by atoms with van der Waals surface area (Å²) in [5, 5.41) is 2.34. The van der Waals surface area contributed by atoms with Crippen LogP contribution in [0.1, 0.15) is 44.6 Å². The molecule has 25 heavy (non-hydrogen) atoms. The minimum absolute atomic E-state index is 0.0315. The van der Waals surface area contributed by atoms with E-state index in [-0.39, 0.29) is 23.6 Å². The maximum absolute atomic E-state index is 13.1. The van der Waals surface area contributed by atoms with Crippen molar-refractivity contribution in [2.75, 3.05) is 13.1 Å². The van der Waals surface area contributed by atoms with Gasteiger partial charge in [-0.3, -0.25) is 4.79 Å². The first-order valence-electron chi connectivity index (χ1n) is 8.57. The Labute approximate surface area is 146 Å². The summed E-state index contributed by atoms with van der Waals surface area (Å²) in [4.78, 5) is 42.0. The fourth-order valence-electron chi connectivity index (χ4n) is 2.96. The second-order valence-corrected chi connectivity index (χ2v) is 7.72. The highest BCUT2D eigenvalue weighted by Gasteiger charge is 2.36. The van der Waals surface area contributed by atoms with E-state index in [0.717, 1.165) is 11.8 Å². The van der Waals surface area contributed by atoms with Gasteiger partial charge in [-0.15, -0.1) is 5.06 Å². The zero-order chi connectivity index (χ0) is 18.2. The molecule has 0 amide bonds. The lowest BCUT2D eigenvalue weighted by Gasteiger charge is -2.35. The van der Waals surface area contributed by atoms with Gasteiger partial charge in [-0.1, -0.05) is 6.92 Å². The molecule has 0 spiro atoms. The molecule has 1 aliphatic rings. The van der Waals surface area contributed by atoms with Crippen LogP contribution in [0.5, 0.6) is 0 Å². The van der Waals surface area contributed by atoms with Crippen molar-refractivity contribution in [3.8, 4) is 0 Å². The number of Topliss-reactive ketones (excluding diaryl/α,β-unsaturated/α-hetero) is 1. The number of H-pyrrole nitrogens is 1. The van der Waals surface area contributed by atoms with Gasteiger partial charge < -0.3 is 9.82 Å². The van der Waals surface area contributed by atoms with Gasteiger partial charge in [-0.2, -0.15) is 0 Å². The number of carbonyl (C=O) groups is 2. The fourth-order valence-corrected chi connectivity index (χ4v) is 2.96. The number of piperidine rings is 1. The molecule has 1 N–H and O–H groups in total. The first-order chi connectivity index (χ1) is 11.8. The molecule has 0 aromatic carbocycles. The normalized spacial score (nSPS) is 22.1. The third kappa shape index (κ3) is 3.56. The van der Waals surface area contributed by atoms with Crippen molar-refractivity contribution in [3.05, 3.63) is 24.3 Å². The molecule has 2 aromatic rings. The van der Waals surface area contributed by atoms with E-state index >= 15 is 0 Å². The Hall–Kier alpha value is -2.28. The van der Waals surface area contributed by atoms with Crippen molar-refractivity contribution in [3.63, 3.8) is 0 Å². The van der Waals surface area contributed by atoms with Crippen LogP contribution in [0.2, 0.25) is 0 Å². The fraction of sp³-hybridized carbons (Fsp3) is 0.556. The number of nitrogens with one attached hydrogen (secondary N) is 1. The predicted octanol–water partition coefficient (Wildman–Crippen LogP) is 2.60. The Balaban J connectivity index is 1.79. The Morgan fingerprint density at radius 1 is 1.32 bits per heavy atom. The molecule has 1 saturated heterocycles. The zero-order valence-corrected chi connectivity index (χ0v) is 15.1. The van der Waals surface area contributed by atoms with Gasteiger partial charge in [0, 0.05) is 30.6 Å². The van der Waals surface area contributed by atoms with Crippen molar-refractivity contribution >= 4 is 22.8 Å². The molecule has 1 fully saturated rings. The lowest BCUT2D eigenvalue weighted by atomic mass is 9.83. The van der Waals surface area contributed by atoms with E-state index in [1.165, 1.54) is 6.33 Å². The summed E-state index contributed by atoms with van der Waals surface area (Å²) >= 11 is 0. The Bertz CT molecular complexity index is 793. The van der Waals surface area contributed by atoms with Crippen molar-refractivity contribution in [2.45, 2.75) is 34.1 Å². The average Bonchev–Trinajstić information content (AvgIpc) is 3.03. The monoisotopic (exact) mass is 344 g/mol. The number of hydrogen-bond donors (Lipinski definition) is 1. The highest BCUT2D eigenvalue weighted by atomic mass is 16.7. The van der Waals surface area contributed by atoms with Crippen LogP contribution in [-0.4, -0.2) is 44.9 Å². The van der Waals surface area contributed by atoms with Crippen LogP contribution in [0.3, 0.4) is 0 Å². The van der Waals surface area contributed by atoms with Crippen LogP contribution in [0.15, 0.2) is 18.6 Å². The lowest BCUT2D eigenvalue weighted by molar-refractivity contribution is -0.208. The van der Waals surface area contributed by atoms with Gasteiger partial charge in [0.2, 0.25) is 0 Å². The topological polar surface area (TPSA) is 88.2 Å². The summed E-state index contributed by atoms with van der Waals surface area (Å²) in [6.07, 6.45) is 3.93. The SMILES string of the molecule is CC1CCN(OC(=O)C(C)(C)C)CC1C(=O)c1ncnc2[nH]ccc12.